The summed E-state index contributed by atoms with van der Waals surface area (Å²) in [6, 6.07) is 2.14. The van der Waals surface area contributed by atoms with Gasteiger partial charge in [0.1, 0.15) is 11.2 Å². The van der Waals surface area contributed by atoms with Gasteiger partial charge in [-0.25, -0.2) is 4.98 Å². The largest absolute Gasteiger partial charge is 0.376 e. The normalized spacial score (nSPS) is 14.7. The Hall–Kier alpha value is -1.11. The molecule has 1 aromatic heterocycles. The Labute approximate surface area is 100 Å². The molecule has 0 unspecified atom stereocenters. The third-order valence-corrected chi connectivity index (χ3v) is 3.08. The van der Waals surface area contributed by atoms with Crippen LogP contribution < -0.4 is 0 Å². The van der Waals surface area contributed by atoms with E-state index < -0.39 is 0 Å². The molecule has 3 nitrogen and oxygen atoms in total. The molecule has 1 aromatic rings. The molecular formula is C12H13ClN2O. The van der Waals surface area contributed by atoms with E-state index in [0.29, 0.717) is 29.8 Å². The number of hydrogen-bond acceptors (Lipinski definition) is 3. The van der Waals surface area contributed by atoms with Crippen molar-refractivity contribution < 1.29 is 4.74 Å². The Morgan fingerprint density at radius 1 is 1.44 bits per heavy atom. The number of aromatic nitrogens is 1. The molecule has 1 aliphatic rings. The average molecular weight is 237 g/mol. The molecule has 0 N–H and O–H groups in total. The number of rotatable bonds is 1. The van der Waals surface area contributed by atoms with Gasteiger partial charge >= 0.3 is 0 Å². The standard InChI is InChI=1S/C12H13ClN2O/c1-7(2)11-10-6-16-4-3-8(10)9(5-14)12(13)15-11/h7H,3-4,6H2,1-2H3. The maximum atomic E-state index is 9.09. The summed E-state index contributed by atoms with van der Waals surface area (Å²) in [6.45, 7) is 5.33. The van der Waals surface area contributed by atoms with Crippen molar-refractivity contribution in [2.24, 2.45) is 0 Å². The van der Waals surface area contributed by atoms with Crippen LogP contribution in [0.4, 0.5) is 0 Å². The third kappa shape index (κ3) is 1.79. The fraction of sp³-hybridized carbons (Fsp3) is 0.500. The Balaban J connectivity index is 2.68. The number of pyridine rings is 1. The highest BCUT2D eigenvalue weighted by Gasteiger charge is 2.22. The zero-order chi connectivity index (χ0) is 11.7. The predicted octanol–water partition coefficient (Wildman–Crippen LogP) is 2.80. The number of halogens is 1. The SMILES string of the molecule is CC(C)c1nc(Cl)c(C#N)c2c1COCC2. The van der Waals surface area contributed by atoms with Crippen LogP contribution in [0.5, 0.6) is 0 Å². The molecule has 2 heterocycles. The van der Waals surface area contributed by atoms with Gasteiger partial charge in [-0.1, -0.05) is 25.4 Å². The number of fused-ring (bicyclic) bond motifs is 1. The van der Waals surface area contributed by atoms with Crippen molar-refractivity contribution in [2.75, 3.05) is 6.61 Å². The lowest BCUT2D eigenvalue weighted by Crippen LogP contribution is -2.16. The lowest BCUT2D eigenvalue weighted by Gasteiger charge is -2.22. The van der Waals surface area contributed by atoms with Gasteiger partial charge in [0.25, 0.3) is 0 Å². The molecule has 0 saturated heterocycles. The van der Waals surface area contributed by atoms with Crippen molar-refractivity contribution >= 4 is 11.6 Å². The van der Waals surface area contributed by atoms with Crippen LogP contribution >= 0.6 is 11.6 Å². The summed E-state index contributed by atoms with van der Waals surface area (Å²) < 4.78 is 5.43. The fourth-order valence-electron chi connectivity index (χ4n) is 2.04. The quantitative estimate of drug-likeness (QED) is 0.705. The summed E-state index contributed by atoms with van der Waals surface area (Å²) in [6.07, 6.45) is 0.750. The Morgan fingerprint density at radius 3 is 2.81 bits per heavy atom. The van der Waals surface area contributed by atoms with E-state index in [1.54, 1.807) is 0 Å². The zero-order valence-electron chi connectivity index (χ0n) is 9.38. The van der Waals surface area contributed by atoms with Gasteiger partial charge in [-0.2, -0.15) is 5.26 Å². The molecule has 0 saturated carbocycles. The minimum Gasteiger partial charge on any atom is -0.376 e. The first kappa shape index (κ1) is 11.4. The molecule has 0 aliphatic carbocycles. The summed E-state index contributed by atoms with van der Waals surface area (Å²) in [4.78, 5) is 4.32. The van der Waals surface area contributed by atoms with Crippen LogP contribution in [0.3, 0.4) is 0 Å². The lowest BCUT2D eigenvalue weighted by molar-refractivity contribution is 0.109. The summed E-state index contributed by atoms with van der Waals surface area (Å²) in [7, 11) is 0. The smallest absolute Gasteiger partial charge is 0.147 e. The van der Waals surface area contributed by atoms with E-state index in [1.165, 1.54) is 0 Å². The molecule has 0 bridgehead atoms. The van der Waals surface area contributed by atoms with Crippen molar-refractivity contribution in [3.05, 3.63) is 27.5 Å². The van der Waals surface area contributed by atoms with Crippen molar-refractivity contribution in [1.82, 2.24) is 4.98 Å². The van der Waals surface area contributed by atoms with E-state index in [0.717, 1.165) is 23.2 Å². The second kappa shape index (κ2) is 4.40. The minimum atomic E-state index is 0.292. The van der Waals surface area contributed by atoms with E-state index in [4.69, 9.17) is 21.6 Å². The first-order chi connectivity index (χ1) is 7.65. The predicted molar refractivity (Wildman–Crippen MR) is 61.4 cm³/mol. The first-order valence-corrected chi connectivity index (χ1v) is 5.72. The fourth-order valence-corrected chi connectivity index (χ4v) is 2.28. The molecule has 0 atom stereocenters. The first-order valence-electron chi connectivity index (χ1n) is 5.34. The average Bonchev–Trinajstić information content (AvgIpc) is 2.28. The molecule has 0 aromatic carbocycles. The van der Waals surface area contributed by atoms with Crippen LogP contribution in [0.25, 0.3) is 0 Å². The monoisotopic (exact) mass is 236 g/mol. The highest BCUT2D eigenvalue weighted by atomic mass is 35.5. The van der Waals surface area contributed by atoms with Gasteiger partial charge in [-0.05, 0) is 17.9 Å². The van der Waals surface area contributed by atoms with Crippen LogP contribution in [0.1, 0.15) is 42.1 Å². The van der Waals surface area contributed by atoms with Crippen LogP contribution in [-0.4, -0.2) is 11.6 Å². The highest BCUT2D eigenvalue weighted by molar-refractivity contribution is 6.30. The van der Waals surface area contributed by atoms with Crippen LogP contribution in [0.2, 0.25) is 5.15 Å². The maximum absolute atomic E-state index is 9.09. The van der Waals surface area contributed by atoms with Gasteiger partial charge in [0.15, 0.2) is 0 Å². The van der Waals surface area contributed by atoms with Crippen LogP contribution in [-0.2, 0) is 17.8 Å². The van der Waals surface area contributed by atoms with Gasteiger partial charge < -0.3 is 4.74 Å². The molecule has 1 aliphatic heterocycles. The molecule has 2 rings (SSSR count). The number of hydrogen-bond donors (Lipinski definition) is 0. The maximum Gasteiger partial charge on any atom is 0.147 e. The van der Waals surface area contributed by atoms with Gasteiger partial charge in [0, 0.05) is 5.56 Å². The summed E-state index contributed by atoms with van der Waals surface area (Å²) in [5.41, 5.74) is 3.56. The Morgan fingerprint density at radius 2 is 2.19 bits per heavy atom. The second-order valence-electron chi connectivity index (χ2n) is 4.19. The summed E-state index contributed by atoms with van der Waals surface area (Å²) in [5, 5.41) is 9.41. The summed E-state index contributed by atoms with van der Waals surface area (Å²) >= 11 is 6.04. The molecule has 84 valence electrons. The van der Waals surface area contributed by atoms with Crippen molar-refractivity contribution in [3.8, 4) is 6.07 Å². The topological polar surface area (TPSA) is 45.9 Å². The minimum absolute atomic E-state index is 0.292. The molecule has 0 amide bonds. The van der Waals surface area contributed by atoms with Crippen molar-refractivity contribution in [2.45, 2.75) is 32.8 Å². The molecule has 0 radical (unpaired) electrons. The zero-order valence-corrected chi connectivity index (χ0v) is 10.1. The third-order valence-electron chi connectivity index (χ3n) is 2.80. The van der Waals surface area contributed by atoms with Gasteiger partial charge in [-0.15, -0.1) is 0 Å². The van der Waals surface area contributed by atoms with Gasteiger partial charge in [0.2, 0.25) is 0 Å². The van der Waals surface area contributed by atoms with E-state index in [-0.39, 0.29) is 0 Å². The second-order valence-corrected chi connectivity index (χ2v) is 4.55. The molecule has 0 spiro atoms. The molecule has 0 fully saturated rings. The summed E-state index contributed by atoms with van der Waals surface area (Å²) in [5.74, 6) is 0.292. The number of nitrogens with zero attached hydrogens (tertiary/aromatic N) is 2. The van der Waals surface area contributed by atoms with E-state index in [9.17, 15) is 0 Å². The lowest BCUT2D eigenvalue weighted by atomic mass is 9.93. The number of ether oxygens (including phenoxy) is 1. The van der Waals surface area contributed by atoms with Crippen molar-refractivity contribution in [1.29, 1.82) is 5.26 Å². The van der Waals surface area contributed by atoms with E-state index >= 15 is 0 Å². The van der Waals surface area contributed by atoms with Gasteiger partial charge in [-0.3, -0.25) is 0 Å². The van der Waals surface area contributed by atoms with Gasteiger partial charge in [0.05, 0.1) is 24.5 Å². The number of nitriles is 1. The van der Waals surface area contributed by atoms with Crippen LogP contribution in [0.15, 0.2) is 0 Å². The van der Waals surface area contributed by atoms with E-state index in [1.807, 2.05) is 0 Å². The van der Waals surface area contributed by atoms with E-state index in [2.05, 4.69) is 24.9 Å². The highest BCUT2D eigenvalue weighted by Crippen LogP contribution is 2.31. The molecule has 4 heteroatoms. The molecular weight excluding hydrogens is 224 g/mol. The Kier molecular flexibility index (Phi) is 3.13. The Bertz CT molecular complexity index is 463. The molecule has 16 heavy (non-hydrogen) atoms. The van der Waals surface area contributed by atoms with Crippen molar-refractivity contribution in [3.63, 3.8) is 0 Å². The van der Waals surface area contributed by atoms with Crippen LogP contribution in [0, 0.1) is 11.3 Å².